The number of ketones is 1. The Morgan fingerprint density at radius 2 is 2.18 bits per heavy atom. The maximum Gasteiger partial charge on any atom is 0.203 e. The Labute approximate surface area is 105 Å². The standard InChI is InChI=1S/C14H14O2S/c1-3-16-12-6-4-5-11(9-12)13(15)14-10(2)7-8-17-14/h4-9H,3H2,1-2H3. The molecular weight excluding hydrogens is 232 g/mol. The average molecular weight is 246 g/mol. The van der Waals surface area contributed by atoms with Crippen molar-refractivity contribution in [3.05, 3.63) is 51.7 Å². The van der Waals surface area contributed by atoms with E-state index in [-0.39, 0.29) is 5.78 Å². The highest BCUT2D eigenvalue weighted by Gasteiger charge is 2.13. The third-order valence-electron chi connectivity index (χ3n) is 2.48. The largest absolute Gasteiger partial charge is 0.494 e. The molecule has 88 valence electrons. The molecule has 0 aliphatic heterocycles. The minimum absolute atomic E-state index is 0.0686. The van der Waals surface area contributed by atoms with E-state index in [1.54, 1.807) is 6.07 Å². The highest BCUT2D eigenvalue weighted by atomic mass is 32.1. The molecule has 0 atom stereocenters. The van der Waals surface area contributed by atoms with Gasteiger partial charge < -0.3 is 4.74 Å². The number of aryl methyl sites for hydroxylation is 1. The zero-order chi connectivity index (χ0) is 12.3. The van der Waals surface area contributed by atoms with Crippen molar-refractivity contribution in [3.63, 3.8) is 0 Å². The Morgan fingerprint density at radius 1 is 1.35 bits per heavy atom. The molecule has 1 aromatic carbocycles. The summed E-state index contributed by atoms with van der Waals surface area (Å²) in [6, 6.07) is 9.29. The fourth-order valence-corrected chi connectivity index (χ4v) is 2.52. The van der Waals surface area contributed by atoms with Gasteiger partial charge in [-0.15, -0.1) is 11.3 Å². The molecule has 0 radical (unpaired) electrons. The first kappa shape index (κ1) is 11.9. The number of carbonyl (C=O) groups excluding carboxylic acids is 1. The summed E-state index contributed by atoms with van der Waals surface area (Å²) in [5.74, 6) is 0.812. The van der Waals surface area contributed by atoms with E-state index in [0.717, 1.165) is 16.2 Å². The van der Waals surface area contributed by atoms with Crippen molar-refractivity contribution in [3.8, 4) is 5.75 Å². The quantitative estimate of drug-likeness (QED) is 0.769. The van der Waals surface area contributed by atoms with Crippen LogP contribution in [0.25, 0.3) is 0 Å². The van der Waals surface area contributed by atoms with E-state index in [9.17, 15) is 4.79 Å². The van der Waals surface area contributed by atoms with E-state index in [1.807, 2.05) is 43.5 Å². The molecule has 0 N–H and O–H groups in total. The predicted molar refractivity (Wildman–Crippen MR) is 70.1 cm³/mol. The van der Waals surface area contributed by atoms with Gasteiger partial charge in [-0.05, 0) is 43.0 Å². The van der Waals surface area contributed by atoms with E-state index in [2.05, 4.69) is 0 Å². The Bertz CT molecular complexity index is 529. The summed E-state index contributed by atoms with van der Waals surface area (Å²) < 4.78 is 5.40. The molecular formula is C14H14O2S. The molecule has 0 aliphatic carbocycles. The number of rotatable bonds is 4. The summed E-state index contributed by atoms with van der Waals surface area (Å²) >= 11 is 1.48. The Balaban J connectivity index is 2.31. The van der Waals surface area contributed by atoms with Crippen LogP contribution >= 0.6 is 11.3 Å². The van der Waals surface area contributed by atoms with Gasteiger partial charge >= 0.3 is 0 Å². The Morgan fingerprint density at radius 3 is 2.82 bits per heavy atom. The van der Waals surface area contributed by atoms with Crippen LogP contribution in [0.5, 0.6) is 5.75 Å². The summed E-state index contributed by atoms with van der Waals surface area (Å²) in [7, 11) is 0. The van der Waals surface area contributed by atoms with E-state index in [1.165, 1.54) is 11.3 Å². The highest BCUT2D eigenvalue weighted by molar-refractivity contribution is 7.12. The van der Waals surface area contributed by atoms with Gasteiger partial charge in [-0.1, -0.05) is 12.1 Å². The van der Waals surface area contributed by atoms with Gasteiger partial charge in [0.05, 0.1) is 11.5 Å². The first-order valence-electron chi connectivity index (χ1n) is 5.54. The van der Waals surface area contributed by atoms with Gasteiger partial charge in [0.25, 0.3) is 0 Å². The second kappa shape index (κ2) is 5.15. The summed E-state index contributed by atoms with van der Waals surface area (Å²) in [5.41, 5.74) is 1.71. The van der Waals surface area contributed by atoms with E-state index >= 15 is 0 Å². The lowest BCUT2D eigenvalue weighted by Crippen LogP contribution is -2.01. The molecule has 2 rings (SSSR count). The first-order chi connectivity index (χ1) is 8.22. The molecule has 1 aromatic heterocycles. The summed E-state index contributed by atoms with van der Waals surface area (Å²) in [4.78, 5) is 13.0. The summed E-state index contributed by atoms with van der Waals surface area (Å²) in [5, 5.41) is 1.94. The van der Waals surface area contributed by atoms with Crippen LogP contribution in [0, 0.1) is 6.92 Å². The molecule has 0 amide bonds. The first-order valence-corrected chi connectivity index (χ1v) is 6.42. The van der Waals surface area contributed by atoms with Crippen LogP contribution in [0.15, 0.2) is 35.7 Å². The van der Waals surface area contributed by atoms with Crippen LogP contribution < -0.4 is 4.74 Å². The van der Waals surface area contributed by atoms with Crippen molar-refractivity contribution >= 4 is 17.1 Å². The van der Waals surface area contributed by atoms with Gasteiger partial charge in [-0.3, -0.25) is 4.79 Å². The molecule has 0 saturated carbocycles. The number of hydrogen-bond donors (Lipinski definition) is 0. The van der Waals surface area contributed by atoms with E-state index in [4.69, 9.17) is 4.74 Å². The molecule has 1 heterocycles. The molecule has 3 heteroatoms. The zero-order valence-electron chi connectivity index (χ0n) is 9.90. The smallest absolute Gasteiger partial charge is 0.203 e. The molecule has 2 aromatic rings. The second-order valence-electron chi connectivity index (χ2n) is 3.72. The number of carbonyl (C=O) groups is 1. The summed E-state index contributed by atoms with van der Waals surface area (Å²) in [6.45, 7) is 4.49. The lowest BCUT2D eigenvalue weighted by Gasteiger charge is -2.05. The van der Waals surface area contributed by atoms with Crippen LogP contribution in [0.3, 0.4) is 0 Å². The molecule has 17 heavy (non-hydrogen) atoms. The normalized spacial score (nSPS) is 10.2. The van der Waals surface area contributed by atoms with Gasteiger partial charge in [0, 0.05) is 5.56 Å². The Hall–Kier alpha value is -1.61. The van der Waals surface area contributed by atoms with Crippen molar-refractivity contribution in [1.82, 2.24) is 0 Å². The van der Waals surface area contributed by atoms with Gasteiger partial charge in [0.2, 0.25) is 5.78 Å². The fraction of sp³-hybridized carbons (Fsp3) is 0.214. The minimum Gasteiger partial charge on any atom is -0.494 e. The van der Waals surface area contributed by atoms with Crippen LogP contribution in [0.2, 0.25) is 0 Å². The van der Waals surface area contributed by atoms with Gasteiger partial charge in [0.15, 0.2) is 0 Å². The predicted octanol–water partition coefficient (Wildman–Crippen LogP) is 3.69. The topological polar surface area (TPSA) is 26.3 Å². The molecule has 0 saturated heterocycles. The van der Waals surface area contributed by atoms with Crippen molar-refractivity contribution in [2.75, 3.05) is 6.61 Å². The summed E-state index contributed by atoms with van der Waals surface area (Å²) in [6.07, 6.45) is 0. The average Bonchev–Trinajstić information content (AvgIpc) is 2.75. The van der Waals surface area contributed by atoms with Gasteiger partial charge in [-0.2, -0.15) is 0 Å². The van der Waals surface area contributed by atoms with Crippen LogP contribution in [-0.4, -0.2) is 12.4 Å². The molecule has 0 bridgehead atoms. The Kier molecular flexibility index (Phi) is 3.59. The van der Waals surface area contributed by atoms with Crippen molar-refractivity contribution in [1.29, 1.82) is 0 Å². The lowest BCUT2D eigenvalue weighted by molar-refractivity contribution is 0.104. The molecule has 0 unspecified atom stereocenters. The third-order valence-corrected chi connectivity index (χ3v) is 3.49. The van der Waals surface area contributed by atoms with E-state index in [0.29, 0.717) is 12.2 Å². The monoisotopic (exact) mass is 246 g/mol. The zero-order valence-corrected chi connectivity index (χ0v) is 10.7. The van der Waals surface area contributed by atoms with E-state index < -0.39 is 0 Å². The number of benzene rings is 1. The van der Waals surface area contributed by atoms with Crippen molar-refractivity contribution in [2.24, 2.45) is 0 Å². The minimum atomic E-state index is 0.0686. The van der Waals surface area contributed by atoms with Crippen molar-refractivity contribution in [2.45, 2.75) is 13.8 Å². The number of hydrogen-bond acceptors (Lipinski definition) is 3. The number of ether oxygens (including phenoxy) is 1. The van der Waals surface area contributed by atoms with Crippen LogP contribution in [-0.2, 0) is 0 Å². The molecule has 2 nitrogen and oxygen atoms in total. The molecule has 0 spiro atoms. The van der Waals surface area contributed by atoms with Gasteiger partial charge in [-0.25, -0.2) is 0 Å². The van der Waals surface area contributed by atoms with Gasteiger partial charge in [0.1, 0.15) is 5.75 Å². The number of thiophene rings is 1. The highest BCUT2D eigenvalue weighted by Crippen LogP contribution is 2.22. The third kappa shape index (κ3) is 2.56. The molecule has 0 fully saturated rings. The lowest BCUT2D eigenvalue weighted by atomic mass is 10.1. The van der Waals surface area contributed by atoms with Crippen LogP contribution in [0.1, 0.15) is 27.7 Å². The SMILES string of the molecule is CCOc1cccc(C(=O)c2sccc2C)c1. The maximum atomic E-state index is 12.2. The molecule has 0 aliphatic rings. The maximum absolute atomic E-state index is 12.2. The second-order valence-corrected chi connectivity index (χ2v) is 4.64. The van der Waals surface area contributed by atoms with Crippen LogP contribution in [0.4, 0.5) is 0 Å². The fourth-order valence-electron chi connectivity index (χ4n) is 1.63. The van der Waals surface area contributed by atoms with Crippen molar-refractivity contribution < 1.29 is 9.53 Å².